The number of fused-ring (bicyclic) bond motifs is 1. The van der Waals surface area contributed by atoms with Crippen LogP contribution in [0.3, 0.4) is 0 Å². The second-order valence-electron chi connectivity index (χ2n) is 5.74. The first-order valence-corrected chi connectivity index (χ1v) is 8.82. The summed E-state index contributed by atoms with van der Waals surface area (Å²) < 4.78 is 2.05. The molecule has 2 heterocycles. The summed E-state index contributed by atoms with van der Waals surface area (Å²) in [7, 11) is 1.99. The maximum atomic E-state index is 12.2. The van der Waals surface area contributed by atoms with Gasteiger partial charge in [0.05, 0.1) is 17.1 Å². The van der Waals surface area contributed by atoms with Gasteiger partial charge in [-0.1, -0.05) is 12.1 Å². The Hall–Kier alpha value is -1.53. The zero-order valence-corrected chi connectivity index (χ0v) is 13.8. The molecule has 118 valence electrons. The Morgan fingerprint density at radius 1 is 1.55 bits per heavy atom. The predicted molar refractivity (Wildman–Crippen MR) is 91.0 cm³/mol. The van der Waals surface area contributed by atoms with E-state index < -0.39 is 0 Å². The molecule has 0 saturated carbocycles. The van der Waals surface area contributed by atoms with E-state index in [-0.39, 0.29) is 18.0 Å². The molecule has 1 aromatic carbocycles. The van der Waals surface area contributed by atoms with Gasteiger partial charge in [-0.25, -0.2) is 4.98 Å². The third-order valence-corrected chi connectivity index (χ3v) is 5.15. The van der Waals surface area contributed by atoms with Crippen molar-refractivity contribution in [2.75, 3.05) is 18.1 Å². The van der Waals surface area contributed by atoms with Gasteiger partial charge in [0.2, 0.25) is 5.91 Å². The van der Waals surface area contributed by atoms with Gasteiger partial charge in [-0.05, 0) is 19.1 Å². The standard InChI is InChI=1S/C16H22N4OS/c1-11(18-15(21)9-12-10-22-8-7-17-12)16-19-13-5-3-4-6-14(13)20(16)2/h3-6,11-12,17H,7-10H2,1-2H3,(H,18,21). The zero-order chi connectivity index (χ0) is 15.5. The quantitative estimate of drug-likeness (QED) is 0.903. The molecule has 3 rings (SSSR count). The van der Waals surface area contributed by atoms with E-state index in [1.54, 1.807) is 0 Å². The summed E-state index contributed by atoms with van der Waals surface area (Å²) >= 11 is 1.91. The van der Waals surface area contributed by atoms with Crippen LogP contribution in [-0.2, 0) is 11.8 Å². The van der Waals surface area contributed by atoms with Crippen molar-refractivity contribution in [3.63, 3.8) is 0 Å². The summed E-state index contributed by atoms with van der Waals surface area (Å²) in [6, 6.07) is 8.21. The second kappa shape index (κ2) is 6.71. The predicted octanol–water partition coefficient (Wildman–Crippen LogP) is 1.85. The van der Waals surface area contributed by atoms with E-state index in [1.807, 2.05) is 50.0 Å². The largest absolute Gasteiger partial charge is 0.346 e. The summed E-state index contributed by atoms with van der Waals surface area (Å²) in [5, 5.41) is 6.47. The fourth-order valence-electron chi connectivity index (χ4n) is 2.89. The van der Waals surface area contributed by atoms with E-state index >= 15 is 0 Å². The molecule has 5 nitrogen and oxygen atoms in total. The fourth-order valence-corrected chi connectivity index (χ4v) is 3.84. The third kappa shape index (κ3) is 3.28. The van der Waals surface area contributed by atoms with Gasteiger partial charge >= 0.3 is 0 Å². The number of imidazole rings is 1. The number of aromatic nitrogens is 2. The van der Waals surface area contributed by atoms with Crippen LogP contribution >= 0.6 is 11.8 Å². The van der Waals surface area contributed by atoms with E-state index in [0.29, 0.717) is 6.42 Å². The number of thioether (sulfide) groups is 1. The maximum absolute atomic E-state index is 12.2. The fraction of sp³-hybridized carbons (Fsp3) is 0.500. The van der Waals surface area contributed by atoms with Crippen LogP contribution in [0, 0.1) is 0 Å². The molecular formula is C16H22N4OS. The average Bonchev–Trinajstić information content (AvgIpc) is 2.86. The Bertz CT molecular complexity index is 663. The summed E-state index contributed by atoms with van der Waals surface area (Å²) in [6.45, 7) is 2.98. The molecule has 0 aliphatic carbocycles. The molecule has 1 aromatic heterocycles. The summed E-state index contributed by atoms with van der Waals surface area (Å²) in [6.07, 6.45) is 0.529. The Balaban J connectivity index is 1.66. The number of rotatable bonds is 4. The SMILES string of the molecule is CC(NC(=O)CC1CSCCN1)c1nc2ccccc2n1C. The first kappa shape index (κ1) is 15.4. The summed E-state index contributed by atoms with van der Waals surface area (Å²) in [4.78, 5) is 16.9. The first-order valence-electron chi connectivity index (χ1n) is 7.67. The molecule has 1 fully saturated rings. The number of benzene rings is 1. The number of nitrogens with one attached hydrogen (secondary N) is 2. The van der Waals surface area contributed by atoms with Crippen molar-refractivity contribution in [1.82, 2.24) is 20.2 Å². The Morgan fingerprint density at radius 2 is 2.36 bits per heavy atom. The molecule has 2 atom stereocenters. The lowest BCUT2D eigenvalue weighted by Crippen LogP contribution is -2.41. The highest BCUT2D eigenvalue weighted by atomic mass is 32.2. The van der Waals surface area contributed by atoms with Crippen molar-refractivity contribution in [2.45, 2.75) is 25.4 Å². The monoisotopic (exact) mass is 318 g/mol. The van der Waals surface area contributed by atoms with Crippen molar-refractivity contribution in [3.05, 3.63) is 30.1 Å². The van der Waals surface area contributed by atoms with Crippen LogP contribution in [0.25, 0.3) is 11.0 Å². The summed E-state index contributed by atoms with van der Waals surface area (Å²) in [5.41, 5.74) is 2.05. The molecule has 2 unspecified atom stereocenters. The molecule has 1 saturated heterocycles. The Kier molecular flexibility index (Phi) is 4.69. The van der Waals surface area contributed by atoms with Crippen LogP contribution in [0.2, 0.25) is 0 Å². The molecular weight excluding hydrogens is 296 g/mol. The van der Waals surface area contributed by atoms with E-state index in [1.165, 1.54) is 0 Å². The number of nitrogens with zero attached hydrogens (tertiary/aromatic N) is 2. The number of hydrogen-bond acceptors (Lipinski definition) is 4. The van der Waals surface area contributed by atoms with Gasteiger partial charge in [-0.15, -0.1) is 0 Å². The normalized spacial score (nSPS) is 20.0. The molecule has 2 N–H and O–H groups in total. The number of para-hydroxylation sites is 2. The van der Waals surface area contributed by atoms with Gasteiger partial charge in [0, 0.05) is 37.6 Å². The number of carbonyl (C=O) groups excluding carboxylic acids is 1. The van der Waals surface area contributed by atoms with Gasteiger partial charge < -0.3 is 15.2 Å². The van der Waals surface area contributed by atoms with Crippen molar-refractivity contribution >= 4 is 28.7 Å². The molecule has 1 aliphatic rings. The lowest BCUT2D eigenvalue weighted by Gasteiger charge is -2.23. The summed E-state index contributed by atoms with van der Waals surface area (Å²) in [5.74, 6) is 3.11. The molecule has 0 radical (unpaired) electrons. The van der Waals surface area contributed by atoms with E-state index in [0.717, 1.165) is 34.9 Å². The van der Waals surface area contributed by atoms with Crippen LogP contribution in [0.1, 0.15) is 25.2 Å². The number of hydrogen-bond donors (Lipinski definition) is 2. The smallest absolute Gasteiger partial charge is 0.222 e. The molecule has 0 bridgehead atoms. The zero-order valence-electron chi connectivity index (χ0n) is 13.0. The molecule has 2 aromatic rings. The second-order valence-corrected chi connectivity index (χ2v) is 6.89. The van der Waals surface area contributed by atoms with Crippen LogP contribution in [-0.4, -0.2) is 39.6 Å². The Morgan fingerprint density at radius 3 is 3.09 bits per heavy atom. The van der Waals surface area contributed by atoms with Crippen molar-refractivity contribution < 1.29 is 4.79 Å². The van der Waals surface area contributed by atoms with Gasteiger partial charge in [0.15, 0.2) is 0 Å². The van der Waals surface area contributed by atoms with Gasteiger partial charge in [0.25, 0.3) is 0 Å². The highest BCUT2D eigenvalue weighted by Gasteiger charge is 2.20. The minimum atomic E-state index is -0.0962. The van der Waals surface area contributed by atoms with Crippen LogP contribution in [0.4, 0.5) is 0 Å². The lowest BCUT2D eigenvalue weighted by atomic mass is 10.2. The molecule has 6 heteroatoms. The Labute approximate surface area is 134 Å². The number of aryl methyl sites for hydroxylation is 1. The van der Waals surface area contributed by atoms with E-state index in [9.17, 15) is 4.79 Å². The van der Waals surface area contributed by atoms with E-state index in [4.69, 9.17) is 0 Å². The van der Waals surface area contributed by atoms with Crippen LogP contribution in [0.5, 0.6) is 0 Å². The van der Waals surface area contributed by atoms with Gasteiger partial charge in [-0.3, -0.25) is 4.79 Å². The number of amides is 1. The topological polar surface area (TPSA) is 59.0 Å². The third-order valence-electron chi connectivity index (χ3n) is 4.02. The van der Waals surface area contributed by atoms with Crippen LogP contribution < -0.4 is 10.6 Å². The average molecular weight is 318 g/mol. The van der Waals surface area contributed by atoms with Crippen LogP contribution in [0.15, 0.2) is 24.3 Å². The molecule has 0 spiro atoms. The molecule has 1 amide bonds. The van der Waals surface area contributed by atoms with Gasteiger partial charge in [0.1, 0.15) is 5.82 Å². The van der Waals surface area contributed by atoms with Crippen molar-refractivity contribution in [3.8, 4) is 0 Å². The van der Waals surface area contributed by atoms with Gasteiger partial charge in [-0.2, -0.15) is 11.8 Å². The number of carbonyl (C=O) groups is 1. The highest BCUT2D eigenvalue weighted by molar-refractivity contribution is 7.99. The van der Waals surface area contributed by atoms with Crippen molar-refractivity contribution in [2.24, 2.45) is 7.05 Å². The highest BCUT2D eigenvalue weighted by Crippen LogP contribution is 2.19. The molecule has 22 heavy (non-hydrogen) atoms. The van der Waals surface area contributed by atoms with Crippen molar-refractivity contribution in [1.29, 1.82) is 0 Å². The molecule has 1 aliphatic heterocycles. The first-order chi connectivity index (χ1) is 10.6. The van der Waals surface area contributed by atoms with E-state index in [2.05, 4.69) is 20.2 Å². The minimum Gasteiger partial charge on any atom is -0.346 e. The minimum absolute atomic E-state index is 0.0829. The lowest BCUT2D eigenvalue weighted by molar-refractivity contribution is -0.122. The maximum Gasteiger partial charge on any atom is 0.222 e.